The molecule has 0 bridgehead atoms. The van der Waals surface area contributed by atoms with Crippen LogP contribution in [0.3, 0.4) is 0 Å². The van der Waals surface area contributed by atoms with E-state index < -0.39 is 6.09 Å². The van der Waals surface area contributed by atoms with E-state index in [1.54, 1.807) is 19.2 Å². The van der Waals surface area contributed by atoms with Crippen LogP contribution < -0.4 is 26.1 Å². The normalized spacial score (nSPS) is 10.6. The summed E-state index contributed by atoms with van der Waals surface area (Å²) in [6, 6.07) is 11.8. The van der Waals surface area contributed by atoms with Gasteiger partial charge in [0.25, 0.3) is 5.56 Å². The van der Waals surface area contributed by atoms with Gasteiger partial charge in [0.2, 0.25) is 5.95 Å². The molecule has 0 radical (unpaired) electrons. The zero-order valence-corrected chi connectivity index (χ0v) is 16.7. The first-order valence-corrected chi connectivity index (χ1v) is 9.19. The van der Waals surface area contributed by atoms with Crippen molar-refractivity contribution in [2.75, 3.05) is 12.4 Å². The molecule has 4 rings (SSSR count). The first kappa shape index (κ1) is 19.8. The number of anilines is 2. The maximum Gasteiger partial charge on any atom is 0.409 e. The van der Waals surface area contributed by atoms with Gasteiger partial charge in [-0.2, -0.15) is 4.98 Å². The summed E-state index contributed by atoms with van der Waals surface area (Å²) in [5.41, 5.74) is 7.66. The van der Waals surface area contributed by atoms with Gasteiger partial charge in [0, 0.05) is 5.69 Å². The average molecular weight is 418 g/mol. The largest absolute Gasteiger partial charge is 0.497 e. The van der Waals surface area contributed by atoms with Crippen LogP contribution in [0.1, 0.15) is 5.56 Å². The summed E-state index contributed by atoms with van der Waals surface area (Å²) in [7, 11) is 1.60. The summed E-state index contributed by atoms with van der Waals surface area (Å²) in [5.74, 6) is 1.30. The molecule has 1 amide bonds. The molecule has 31 heavy (non-hydrogen) atoms. The van der Waals surface area contributed by atoms with Crippen LogP contribution in [0, 0.1) is 6.92 Å². The van der Waals surface area contributed by atoms with Crippen LogP contribution in [0.2, 0.25) is 0 Å². The zero-order chi connectivity index (χ0) is 22.0. The number of ether oxygens (including phenoxy) is 2. The molecule has 0 aliphatic rings. The first-order valence-electron chi connectivity index (χ1n) is 9.19. The van der Waals surface area contributed by atoms with E-state index in [0.29, 0.717) is 22.8 Å². The Hall–Kier alpha value is -4.47. The van der Waals surface area contributed by atoms with Crippen LogP contribution in [-0.2, 0) is 0 Å². The number of primary amides is 1. The number of hydrogen-bond donors (Lipinski definition) is 2. The van der Waals surface area contributed by atoms with E-state index in [1.807, 2.05) is 25.1 Å². The first-order chi connectivity index (χ1) is 14.9. The van der Waals surface area contributed by atoms with Crippen LogP contribution >= 0.6 is 0 Å². The van der Waals surface area contributed by atoms with Crippen molar-refractivity contribution in [2.24, 2.45) is 5.73 Å². The quantitative estimate of drug-likeness (QED) is 0.505. The van der Waals surface area contributed by atoms with Crippen molar-refractivity contribution >= 4 is 28.9 Å². The predicted molar refractivity (Wildman–Crippen MR) is 114 cm³/mol. The average Bonchev–Trinajstić information content (AvgIpc) is 2.75. The summed E-state index contributed by atoms with van der Waals surface area (Å²) >= 11 is 0. The molecule has 2 aromatic carbocycles. The smallest absolute Gasteiger partial charge is 0.409 e. The molecule has 10 heteroatoms. The Morgan fingerprint density at radius 1 is 1.06 bits per heavy atom. The third-order valence-electron chi connectivity index (χ3n) is 4.49. The number of aryl methyl sites for hydroxylation is 1. The van der Waals surface area contributed by atoms with E-state index in [9.17, 15) is 9.59 Å². The second-order valence-electron chi connectivity index (χ2n) is 6.56. The lowest BCUT2D eigenvalue weighted by Crippen LogP contribution is -2.20. The Bertz CT molecular complexity index is 1330. The molecule has 10 nitrogen and oxygen atoms in total. The standard InChI is InChI=1S/C21H18N6O4/c1-12-9-15(30-2)7-8-16(12)25-21-24-10-17-19(26-21)27(18(28)11-23-17)13-3-5-14(6-4-13)31-20(22)29/h3-11H,1-2H3,(H2,22,29)(H,24,25,26). The Kier molecular flexibility index (Phi) is 5.19. The number of nitrogens with one attached hydrogen (secondary N) is 1. The molecule has 2 aromatic heterocycles. The maximum atomic E-state index is 12.6. The van der Waals surface area contributed by atoms with Gasteiger partial charge in [-0.05, 0) is 55.0 Å². The lowest BCUT2D eigenvalue weighted by molar-refractivity contribution is 0.211. The second-order valence-corrected chi connectivity index (χ2v) is 6.56. The number of nitrogens with two attached hydrogens (primary N) is 1. The summed E-state index contributed by atoms with van der Waals surface area (Å²) in [4.78, 5) is 36.4. The second kappa shape index (κ2) is 8.11. The fourth-order valence-corrected chi connectivity index (χ4v) is 3.02. The summed E-state index contributed by atoms with van der Waals surface area (Å²) in [6.07, 6.45) is 1.81. The minimum absolute atomic E-state index is 0.259. The topological polar surface area (TPSA) is 134 Å². The van der Waals surface area contributed by atoms with Gasteiger partial charge in [-0.15, -0.1) is 0 Å². The minimum atomic E-state index is -0.920. The van der Waals surface area contributed by atoms with E-state index >= 15 is 0 Å². The van der Waals surface area contributed by atoms with Gasteiger partial charge in [0.15, 0.2) is 5.65 Å². The molecule has 0 atom stereocenters. The highest BCUT2D eigenvalue weighted by Crippen LogP contribution is 2.24. The van der Waals surface area contributed by atoms with Crippen molar-refractivity contribution in [2.45, 2.75) is 6.92 Å². The van der Waals surface area contributed by atoms with Crippen molar-refractivity contribution in [1.82, 2.24) is 19.5 Å². The van der Waals surface area contributed by atoms with Crippen LogP contribution in [0.25, 0.3) is 16.9 Å². The van der Waals surface area contributed by atoms with Gasteiger partial charge >= 0.3 is 6.09 Å². The highest BCUT2D eigenvalue weighted by atomic mass is 16.5. The molecule has 4 aromatic rings. The lowest BCUT2D eigenvalue weighted by atomic mass is 10.2. The highest BCUT2D eigenvalue weighted by Gasteiger charge is 2.11. The number of aromatic nitrogens is 4. The number of fused-ring (bicyclic) bond motifs is 1. The van der Waals surface area contributed by atoms with Crippen LogP contribution in [0.5, 0.6) is 11.5 Å². The monoisotopic (exact) mass is 418 g/mol. The number of hydrogen-bond acceptors (Lipinski definition) is 8. The number of rotatable bonds is 5. The Labute approximate surface area is 176 Å². The summed E-state index contributed by atoms with van der Waals surface area (Å²) < 4.78 is 11.4. The van der Waals surface area contributed by atoms with Gasteiger partial charge in [0.1, 0.15) is 17.0 Å². The number of carbonyl (C=O) groups is 1. The highest BCUT2D eigenvalue weighted by molar-refractivity contribution is 5.74. The Morgan fingerprint density at radius 3 is 2.48 bits per heavy atom. The third kappa shape index (κ3) is 4.13. The number of nitrogens with zero attached hydrogens (tertiary/aromatic N) is 4. The van der Waals surface area contributed by atoms with Crippen molar-refractivity contribution < 1.29 is 14.3 Å². The number of methoxy groups -OCH3 is 1. The van der Waals surface area contributed by atoms with E-state index in [4.69, 9.17) is 15.2 Å². The fraction of sp³-hybridized carbons (Fsp3) is 0.0952. The van der Waals surface area contributed by atoms with Crippen LogP contribution in [-0.4, -0.2) is 32.7 Å². The summed E-state index contributed by atoms with van der Waals surface area (Å²) in [6.45, 7) is 1.93. The third-order valence-corrected chi connectivity index (χ3v) is 4.49. The van der Waals surface area contributed by atoms with E-state index in [2.05, 4.69) is 20.3 Å². The Morgan fingerprint density at radius 2 is 1.81 bits per heavy atom. The molecule has 0 saturated heterocycles. The molecule has 0 aliphatic heterocycles. The molecule has 3 N–H and O–H groups in total. The van der Waals surface area contributed by atoms with Gasteiger partial charge in [-0.25, -0.2) is 14.8 Å². The number of benzene rings is 2. The minimum Gasteiger partial charge on any atom is -0.497 e. The van der Waals surface area contributed by atoms with Gasteiger partial charge < -0.3 is 20.5 Å². The molecule has 0 fully saturated rings. The molecule has 2 heterocycles. The molecule has 0 saturated carbocycles. The molecule has 0 spiro atoms. The molecule has 156 valence electrons. The van der Waals surface area contributed by atoms with Gasteiger partial charge in [0.05, 0.1) is 25.2 Å². The van der Waals surface area contributed by atoms with E-state index in [-0.39, 0.29) is 11.3 Å². The van der Waals surface area contributed by atoms with Gasteiger partial charge in [-0.1, -0.05) is 0 Å². The van der Waals surface area contributed by atoms with Crippen LogP contribution in [0.15, 0.2) is 59.7 Å². The molecular formula is C21H18N6O4. The molecular weight excluding hydrogens is 400 g/mol. The van der Waals surface area contributed by atoms with E-state index in [0.717, 1.165) is 17.0 Å². The maximum absolute atomic E-state index is 12.6. The van der Waals surface area contributed by atoms with E-state index in [1.165, 1.54) is 29.1 Å². The SMILES string of the molecule is COc1ccc(Nc2ncc3ncc(=O)n(-c4ccc(OC(N)=O)cc4)c3n2)c(C)c1. The lowest BCUT2D eigenvalue weighted by Gasteiger charge is -2.12. The van der Waals surface area contributed by atoms with Gasteiger partial charge in [-0.3, -0.25) is 9.36 Å². The van der Waals surface area contributed by atoms with Crippen molar-refractivity contribution in [3.05, 3.63) is 70.8 Å². The predicted octanol–water partition coefficient (Wildman–Crippen LogP) is 2.69. The number of carbonyl (C=O) groups excluding carboxylic acids is 1. The van der Waals surface area contributed by atoms with Crippen molar-refractivity contribution in [3.8, 4) is 17.2 Å². The molecule has 0 unspecified atom stereocenters. The van der Waals surface area contributed by atoms with Crippen LogP contribution in [0.4, 0.5) is 16.4 Å². The fourth-order valence-electron chi connectivity index (χ4n) is 3.02. The number of amides is 1. The van der Waals surface area contributed by atoms with Crippen molar-refractivity contribution in [3.63, 3.8) is 0 Å². The molecule has 0 aliphatic carbocycles. The summed E-state index contributed by atoms with van der Waals surface area (Å²) in [5, 5.41) is 3.15. The Balaban J connectivity index is 1.75. The van der Waals surface area contributed by atoms with Crippen molar-refractivity contribution in [1.29, 1.82) is 0 Å². The zero-order valence-electron chi connectivity index (χ0n) is 16.7.